The topological polar surface area (TPSA) is 156 Å². The molecule has 72 heavy (non-hydrogen) atoms. The number of imidazole rings is 1. The molecular formula is C57H74N10O5. The number of aromatic nitrogens is 10. The van der Waals surface area contributed by atoms with Gasteiger partial charge in [-0.1, -0.05) is 6.07 Å². The molecule has 0 atom stereocenters. The Bertz CT molecular complexity index is 2800. The van der Waals surface area contributed by atoms with Crippen molar-refractivity contribution in [1.29, 1.82) is 0 Å². The Morgan fingerprint density at radius 1 is 0.458 bits per heavy atom. The van der Waals surface area contributed by atoms with E-state index in [2.05, 4.69) is 99.3 Å². The number of hydrogen-bond donors (Lipinski definition) is 2. The van der Waals surface area contributed by atoms with Crippen molar-refractivity contribution in [3.05, 3.63) is 157 Å². The van der Waals surface area contributed by atoms with Crippen LogP contribution in [-0.2, 0) is 69.9 Å². The van der Waals surface area contributed by atoms with Gasteiger partial charge >= 0.3 is 0 Å². The maximum Gasteiger partial charge on any atom is 0.113 e. The summed E-state index contributed by atoms with van der Waals surface area (Å²) in [6.45, 7) is 4.05. The number of hydrogen-bond acceptors (Lipinski definition) is 10. The predicted molar refractivity (Wildman–Crippen MR) is 290 cm³/mol. The first kappa shape index (κ1) is 54.6. The Labute approximate surface area is 423 Å². The highest BCUT2D eigenvalue weighted by atomic mass is 16.5. The number of fused-ring (bicyclic) bond motifs is 5. The van der Waals surface area contributed by atoms with Gasteiger partial charge < -0.3 is 47.2 Å². The number of aryl methyl sites for hydroxylation is 7. The third kappa shape index (κ3) is 15.9. The lowest BCUT2D eigenvalue weighted by Gasteiger charge is -2.00. The second-order valence-corrected chi connectivity index (χ2v) is 17.4. The van der Waals surface area contributed by atoms with Gasteiger partial charge in [-0.2, -0.15) is 0 Å². The molecule has 0 fully saturated rings. The molecule has 10 rings (SSSR count). The standard InChI is InChI=1S/2C12H16N2O.3C11H14N2O/c1-14-9-10(5-4-8-15-2)12-11(14)6-3-7-13-12;1-14-9-10(4-3-7-15-2)11-5-6-13-8-12(11)14;1-14-7-3-4-9-8-13-10-5-2-6-12-11(9)10;1-14-6-2-3-9-7-13-11-8-12-5-4-10(9)11;1-14-8-4-6-11-12-9-10-5-2-3-7-13(10)11/h3,6-7,9H,4-5,8H2,1-2H3;5-6,8-9H,3-4,7H2,1-2H3;2,5-6,8,13H,3-4,7H2,1H3;4-5,7-8,13H,2-3,6H2,1H3;2-3,5,7,9H,4,6,8H2,1H3. The summed E-state index contributed by atoms with van der Waals surface area (Å²) in [7, 11) is 12.8. The van der Waals surface area contributed by atoms with Crippen LogP contribution in [0.2, 0.25) is 0 Å². The summed E-state index contributed by atoms with van der Waals surface area (Å²) in [5.74, 6) is 1.11. The summed E-state index contributed by atoms with van der Waals surface area (Å²) in [4.78, 5) is 27.8. The van der Waals surface area contributed by atoms with E-state index < -0.39 is 0 Å². The SMILES string of the molecule is COCCCc1c[nH]c2cccnc12.COCCCc1c[nH]c2cnccc12.COCCCc1cn(C)c2cccnc12.COCCCc1cn(C)c2cnccc12.COCCCc1ncc2ccccn12. The van der Waals surface area contributed by atoms with Gasteiger partial charge in [0, 0.05) is 156 Å². The van der Waals surface area contributed by atoms with Crippen molar-refractivity contribution in [1.82, 2.24) is 48.4 Å². The van der Waals surface area contributed by atoms with E-state index in [1.807, 2.05) is 92.2 Å². The molecule has 10 aromatic rings. The van der Waals surface area contributed by atoms with E-state index in [0.29, 0.717) is 0 Å². The number of nitrogens with zero attached hydrogens (tertiary/aromatic N) is 8. The first-order chi connectivity index (χ1) is 35.4. The third-order valence-corrected chi connectivity index (χ3v) is 12.2. The van der Waals surface area contributed by atoms with Crippen LogP contribution in [0, 0.1) is 0 Å². The maximum absolute atomic E-state index is 5.06. The summed E-state index contributed by atoms with van der Waals surface area (Å²) in [6.07, 6.45) is 33.9. The third-order valence-electron chi connectivity index (χ3n) is 12.2. The van der Waals surface area contributed by atoms with E-state index in [4.69, 9.17) is 23.7 Å². The molecule has 10 heterocycles. The number of rotatable bonds is 20. The molecule has 0 saturated heterocycles. The van der Waals surface area contributed by atoms with Gasteiger partial charge in [0.05, 0.1) is 57.2 Å². The Balaban J connectivity index is 0.000000147. The van der Waals surface area contributed by atoms with Gasteiger partial charge in [0.2, 0.25) is 0 Å². The fourth-order valence-electron chi connectivity index (χ4n) is 8.61. The molecule has 0 unspecified atom stereocenters. The van der Waals surface area contributed by atoms with Crippen LogP contribution in [0.15, 0.2) is 129 Å². The summed E-state index contributed by atoms with van der Waals surface area (Å²) in [6, 6.07) is 18.3. The molecule has 0 aliphatic carbocycles. The van der Waals surface area contributed by atoms with Crippen molar-refractivity contribution in [2.75, 3.05) is 68.6 Å². The van der Waals surface area contributed by atoms with Crippen LogP contribution in [0.1, 0.15) is 60.2 Å². The van der Waals surface area contributed by atoms with E-state index in [1.165, 1.54) is 44.1 Å². The van der Waals surface area contributed by atoms with E-state index in [0.717, 1.165) is 131 Å². The van der Waals surface area contributed by atoms with Gasteiger partial charge in [-0.25, -0.2) is 4.98 Å². The van der Waals surface area contributed by atoms with Crippen LogP contribution in [0.25, 0.3) is 49.4 Å². The molecule has 0 aromatic carbocycles. The van der Waals surface area contributed by atoms with Gasteiger partial charge in [0.15, 0.2) is 0 Å². The Kier molecular flexibility index (Phi) is 22.9. The van der Waals surface area contributed by atoms with Crippen LogP contribution >= 0.6 is 0 Å². The first-order valence-electron chi connectivity index (χ1n) is 24.8. The molecule has 0 bridgehead atoms. The van der Waals surface area contributed by atoms with Crippen LogP contribution in [0.3, 0.4) is 0 Å². The molecule has 15 heteroatoms. The van der Waals surface area contributed by atoms with Crippen molar-refractivity contribution in [2.24, 2.45) is 14.1 Å². The molecular weight excluding hydrogens is 905 g/mol. The lowest BCUT2D eigenvalue weighted by molar-refractivity contribution is 0.194. The molecule has 0 aliphatic heterocycles. The maximum atomic E-state index is 5.06. The van der Waals surface area contributed by atoms with Crippen molar-refractivity contribution >= 4 is 49.4 Å². The summed E-state index contributed by atoms with van der Waals surface area (Å²) >= 11 is 0. The number of methoxy groups -OCH3 is 5. The second-order valence-electron chi connectivity index (χ2n) is 17.4. The van der Waals surface area contributed by atoms with Gasteiger partial charge in [-0.05, 0) is 129 Å². The molecule has 382 valence electrons. The minimum absolute atomic E-state index is 0.793. The summed E-state index contributed by atoms with van der Waals surface area (Å²) in [5, 5.41) is 2.58. The van der Waals surface area contributed by atoms with Gasteiger partial charge in [0.1, 0.15) is 5.82 Å². The van der Waals surface area contributed by atoms with E-state index in [9.17, 15) is 0 Å². The van der Waals surface area contributed by atoms with Crippen LogP contribution in [0.5, 0.6) is 0 Å². The van der Waals surface area contributed by atoms with E-state index in [-0.39, 0.29) is 0 Å². The summed E-state index contributed by atoms with van der Waals surface area (Å²) < 4.78 is 31.6. The minimum Gasteiger partial charge on any atom is -0.385 e. The monoisotopic (exact) mass is 979 g/mol. The van der Waals surface area contributed by atoms with Crippen molar-refractivity contribution < 1.29 is 23.7 Å². The molecule has 10 aromatic heterocycles. The fraction of sp³-hybridized carbons (Fsp3) is 0.386. The minimum atomic E-state index is 0.793. The quantitative estimate of drug-likeness (QED) is 0.0705. The second kappa shape index (κ2) is 30.2. The molecule has 2 N–H and O–H groups in total. The number of ether oxygens (including phenoxy) is 5. The number of pyridine rings is 5. The Morgan fingerprint density at radius 2 is 1.01 bits per heavy atom. The average molecular weight is 979 g/mol. The fourth-order valence-corrected chi connectivity index (χ4v) is 8.61. The van der Waals surface area contributed by atoms with E-state index in [1.54, 1.807) is 35.5 Å². The van der Waals surface area contributed by atoms with Crippen LogP contribution in [0.4, 0.5) is 0 Å². The predicted octanol–water partition coefficient (Wildman–Crippen LogP) is 10.5. The zero-order valence-electron chi connectivity index (χ0n) is 43.3. The van der Waals surface area contributed by atoms with Crippen LogP contribution in [-0.4, -0.2) is 117 Å². The van der Waals surface area contributed by atoms with E-state index >= 15 is 0 Å². The van der Waals surface area contributed by atoms with Gasteiger partial charge in [0.25, 0.3) is 0 Å². The zero-order chi connectivity index (χ0) is 50.8. The summed E-state index contributed by atoms with van der Waals surface area (Å²) in [5.41, 5.74) is 13.3. The van der Waals surface area contributed by atoms with Crippen LogP contribution < -0.4 is 0 Å². The number of H-pyrrole nitrogens is 2. The van der Waals surface area contributed by atoms with Crippen molar-refractivity contribution in [3.8, 4) is 0 Å². The zero-order valence-corrected chi connectivity index (χ0v) is 43.3. The molecule has 0 spiro atoms. The highest BCUT2D eigenvalue weighted by Gasteiger charge is 2.08. The lowest BCUT2D eigenvalue weighted by Crippen LogP contribution is -1.97. The van der Waals surface area contributed by atoms with Gasteiger partial charge in [-0.15, -0.1) is 0 Å². The van der Waals surface area contributed by atoms with Gasteiger partial charge in [-0.3, -0.25) is 19.9 Å². The first-order valence-corrected chi connectivity index (χ1v) is 24.8. The molecule has 15 nitrogen and oxygen atoms in total. The molecule has 0 saturated carbocycles. The highest BCUT2D eigenvalue weighted by molar-refractivity contribution is 5.83. The Morgan fingerprint density at radius 3 is 1.72 bits per heavy atom. The Hall–Kier alpha value is -6.75. The smallest absolute Gasteiger partial charge is 0.113 e. The molecule has 0 amide bonds. The number of aromatic amines is 2. The lowest BCUT2D eigenvalue weighted by atomic mass is 10.1. The highest BCUT2D eigenvalue weighted by Crippen LogP contribution is 2.22. The van der Waals surface area contributed by atoms with Crippen molar-refractivity contribution in [2.45, 2.75) is 64.2 Å². The average Bonchev–Trinajstić information content (AvgIpc) is 4.26. The molecule has 0 radical (unpaired) electrons. The normalized spacial score (nSPS) is 11.0. The molecule has 0 aliphatic rings. The van der Waals surface area contributed by atoms with Crippen molar-refractivity contribution in [3.63, 3.8) is 0 Å². The number of nitrogens with one attached hydrogen (secondary N) is 2. The largest absolute Gasteiger partial charge is 0.385 e.